The Bertz CT molecular complexity index is 506. The highest BCUT2D eigenvalue weighted by Gasteiger charge is 2.27. The molecule has 3 rings (SSSR count). The summed E-state index contributed by atoms with van der Waals surface area (Å²) in [6.07, 6.45) is 7.19. The van der Waals surface area contributed by atoms with Crippen LogP contribution in [0.3, 0.4) is 0 Å². The van der Waals surface area contributed by atoms with Crippen molar-refractivity contribution in [3.63, 3.8) is 0 Å². The molecule has 114 valence electrons. The molecule has 0 unspecified atom stereocenters. The Hall–Kier alpha value is -1.35. The average molecular weight is 286 g/mol. The molecule has 1 aliphatic carbocycles. The molecule has 1 aromatic carbocycles. The van der Waals surface area contributed by atoms with Crippen LogP contribution in [0.2, 0.25) is 0 Å². The van der Waals surface area contributed by atoms with E-state index in [-0.39, 0.29) is 5.91 Å². The molecule has 0 radical (unpaired) electrons. The molecule has 0 bridgehead atoms. The fourth-order valence-corrected chi connectivity index (χ4v) is 3.85. The van der Waals surface area contributed by atoms with Gasteiger partial charge in [-0.25, -0.2) is 0 Å². The maximum atomic E-state index is 13.1. The summed E-state index contributed by atoms with van der Waals surface area (Å²) >= 11 is 0. The molecule has 1 aromatic rings. The quantitative estimate of drug-likeness (QED) is 0.926. The highest BCUT2D eigenvalue weighted by atomic mass is 16.2. The molecular weight excluding hydrogens is 260 g/mol. The molecule has 0 spiro atoms. The topological polar surface area (TPSA) is 32.3 Å². The van der Waals surface area contributed by atoms with Crippen molar-refractivity contribution in [1.82, 2.24) is 10.2 Å². The van der Waals surface area contributed by atoms with Gasteiger partial charge in [-0.3, -0.25) is 4.79 Å². The van der Waals surface area contributed by atoms with Crippen LogP contribution in [0.4, 0.5) is 0 Å². The molecule has 1 saturated carbocycles. The van der Waals surface area contributed by atoms with E-state index in [9.17, 15) is 4.79 Å². The normalized spacial score (nSPS) is 19.1. The van der Waals surface area contributed by atoms with Crippen molar-refractivity contribution in [1.29, 1.82) is 0 Å². The molecule has 1 aliphatic heterocycles. The molecule has 0 saturated heterocycles. The van der Waals surface area contributed by atoms with E-state index in [1.807, 2.05) is 12.1 Å². The Morgan fingerprint density at radius 3 is 2.86 bits per heavy atom. The molecule has 1 fully saturated rings. The van der Waals surface area contributed by atoms with Gasteiger partial charge in [-0.15, -0.1) is 0 Å². The van der Waals surface area contributed by atoms with Crippen LogP contribution in [0.15, 0.2) is 18.2 Å². The predicted molar refractivity (Wildman–Crippen MR) is 85.4 cm³/mol. The maximum absolute atomic E-state index is 13.1. The van der Waals surface area contributed by atoms with Gasteiger partial charge in [0.1, 0.15) is 0 Å². The number of carbonyl (C=O) groups excluding carboxylic acids is 1. The molecule has 0 aromatic heterocycles. The van der Waals surface area contributed by atoms with Gasteiger partial charge < -0.3 is 10.2 Å². The zero-order chi connectivity index (χ0) is 14.7. The minimum Gasteiger partial charge on any atom is -0.336 e. The van der Waals surface area contributed by atoms with Crippen LogP contribution in [-0.2, 0) is 13.0 Å². The first-order valence-electron chi connectivity index (χ1n) is 8.43. The summed E-state index contributed by atoms with van der Waals surface area (Å²) in [5.74, 6) is 0.253. The lowest BCUT2D eigenvalue weighted by atomic mass is 9.91. The van der Waals surface area contributed by atoms with E-state index in [4.69, 9.17) is 0 Å². The fraction of sp³-hybridized carbons (Fsp3) is 0.611. The Balaban J connectivity index is 1.86. The second kappa shape index (κ2) is 6.61. The number of carbonyl (C=O) groups is 1. The van der Waals surface area contributed by atoms with Crippen LogP contribution in [0.25, 0.3) is 0 Å². The number of benzene rings is 1. The fourth-order valence-electron chi connectivity index (χ4n) is 3.85. The lowest BCUT2D eigenvalue weighted by molar-refractivity contribution is 0.0646. The van der Waals surface area contributed by atoms with E-state index in [2.05, 4.69) is 23.2 Å². The van der Waals surface area contributed by atoms with Gasteiger partial charge in [0.2, 0.25) is 0 Å². The number of fused-ring (bicyclic) bond motifs is 1. The SMILES string of the molecule is CCN(C(=O)c1cccc2c1CCNC2)C1CCCCC1. The first-order valence-corrected chi connectivity index (χ1v) is 8.43. The Morgan fingerprint density at radius 2 is 2.10 bits per heavy atom. The second-order valence-corrected chi connectivity index (χ2v) is 6.25. The average Bonchev–Trinajstić information content (AvgIpc) is 2.56. The molecule has 21 heavy (non-hydrogen) atoms. The van der Waals surface area contributed by atoms with Crippen molar-refractivity contribution in [3.8, 4) is 0 Å². The monoisotopic (exact) mass is 286 g/mol. The van der Waals surface area contributed by atoms with E-state index < -0.39 is 0 Å². The third-order valence-electron chi connectivity index (χ3n) is 4.99. The molecule has 2 aliphatic rings. The Labute approximate surface area is 127 Å². The molecule has 1 N–H and O–H groups in total. The van der Waals surface area contributed by atoms with E-state index in [1.165, 1.54) is 43.2 Å². The van der Waals surface area contributed by atoms with Gasteiger partial charge in [0.15, 0.2) is 0 Å². The number of hydrogen-bond donors (Lipinski definition) is 1. The zero-order valence-corrected chi connectivity index (χ0v) is 13.0. The van der Waals surface area contributed by atoms with Crippen LogP contribution in [-0.4, -0.2) is 29.9 Å². The van der Waals surface area contributed by atoms with Crippen molar-refractivity contribution in [3.05, 3.63) is 34.9 Å². The van der Waals surface area contributed by atoms with Crippen LogP contribution >= 0.6 is 0 Å². The predicted octanol–water partition coefficient (Wildman–Crippen LogP) is 3.13. The highest BCUT2D eigenvalue weighted by Crippen LogP contribution is 2.26. The summed E-state index contributed by atoms with van der Waals surface area (Å²) in [6.45, 7) is 4.81. The largest absolute Gasteiger partial charge is 0.336 e. The van der Waals surface area contributed by atoms with Crippen LogP contribution in [0, 0.1) is 0 Å². The molecule has 0 atom stereocenters. The third kappa shape index (κ3) is 2.98. The van der Waals surface area contributed by atoms with E-state index in [0.29, 0.717) is 6.04 Å². The van der Waals surface area contributed by atoms with Crippen molar-refractivity contribution in [2.45, 2.75) is 58.0 Å². The zero-order valence-electron chi connectivity index (χ0n) is 13.0. The molecule has 3 nitrogen and oxygen atoms in total. The highest BCUT2D eigenvalue weighted by molar-refractivity contribution is 5.96. The van der Waals surface area contributed by atoms with Gasteiger partial charge in [0.25, 0.3) is 5.91 Å². The van der Waals surface area contributed by atoms with Crippen LogP contribution < -0.4 is 5.32 Å². The van der Waals surface area contributed by atoms with Gasteiger partial charge in [-0.05, 0) is 49.9 Å². The lowest BCUT2D eigenvalue weighted by Crippen LogP contribution is -2.42. The Kier molecular flexibility index (Phi) is 4.59. The van der Waals surface area contributed by atoms with E-state index in [1.54, 1.807) is 0 Å². The lowest BCUT2D eigenvalue weighted by Gasteiger charge is -2.34. The van der Waals surface area contributed by atoms with Crippen molar-refractivity contribution < 1.29 is 4.79 Å². The maximum Gasteiger partial charge on any atom is 0.254 e. The van der Waals surface area contributed by atoms with Crippen molar-refractivity contribution >= 4 is 5.91 Å². The summed E-state index contributed by atoms with van der Waals surface area (Å²) < 4.78 is 0. The molecule has 3 heteroatoms. The molecular formula is C18H26N2O. The molecule has 1 heterocycles. The van der Waals surface area contributed by atoms with Gasteiger partial charge in [0.05, 0.1) is 0 Å². The van der Waals surface area contributed by atoms with Gasteiger partial charge in [-0.1, -0.05) is 31.4 Å². The third-order valence-corrected chi connectivity index (χ3v) is 4.99. The van der Waals surface area contributed by atoms with Crippen molar-refractivity contribution in [2.75, 3.05) is 13.1 Å². The second-order valence-electron chi connectivity index (χ2n) is 6.25. The minimum absolute atomic E-state index is 0.253. The number of nitrogens with one attached hydrogen (secondary N) is 1. The summed E-state index contributed by atoms with van der Waals surface area (Å²) in [4.78, 5) is 15.2. The van der Waals surface area contributed by atoms with Gasteiger partial charge in [0, 0.05) is 24.7 Å². The van der Waals surface area contributed by atoms with E-state index >= 15 is 0 Å². The van der Waals surface area contributed by atoms with E-state index in [0.717, 1.165) is 31.6 Å². The summed E-state index contributed by atoms with van der Waals surface area (Å²) in [5.41, 5.74) is 3.52. The number of amides is 1. The van der Waals surface area contributed by atoms with Crippen LogP contribution in [0.5, 0.6) is 0 Å². The number of nitrogens with zero attached hydrogens (tertiary/aromatic N) is 1. The van der Waals surface area contributed by atoms with Crippen molar-refractivity contribution in [2.24, 2.45) is 0 Å². The Morgan fingerprint density at radius 1 is 1.29 bits per heavy atom. The molecule has 1 amide bonds. The minimum atomic E-state index is 0.253. The first kappa shape index (κ1) is 14.6. The van der Waals surface area contributed by atoms with Gasteiger partial charge >= 0.3 is 0 Å². The first-order chi connectivity index (χ1) is 10.3. The number of hydrogen-bond acceptors (Lipinski definition) is 2. The van der Waals surface area contributed by atoms with Gasteiger partial charge in [-0.2, -0.15) is 0 Å². The van der Waals surface area contributed by atoms with Crippen LogP contribution in [0.1, 0.15) is 60.5 Å². The standard InChI is InChI=1S/C18H26N2O/c1-2-20(15-8-4-3-5-9-15)18(21)17-10-6-7-14-13-19-12-11-16(14)17/h6-7,10,15,19H,2-5,8-9,11-13H2,1H3. The summed E-state index contributed by atoms with van der Waals surface area (Å²) in [7, 11) is 0. The summed E-state index contributed by atoms with van der Waals surface area (Å²) in [6, 6.07) is 6.66. The number of rotatable bonds is 3. The summed E-state index contributed by atoms with van der Waals surface area (Å²) in [5, 5.41) is 3.39. The smallest absolute Gasteiger partial charge is 0.254 e.